The Morgan fingerprint density at radius 1 is 1.24 bits per heavy atom. The number of hydrogen-bond acceptors (Lipinski definition) is 3. The summed E-state index contributed by atoms with van der Waals surface area (Å²) < 4.78 is 6.11. The second kappa shape index (κ2) is 6.44. The van der Waals surface area contributed by atoms with E-state index in [-0.39, 0.29) is 0 Å². The Hall–Kier alpha value is -1.61. The van der Waals surface area contributed by atoms with Crippen molar-refractivity contribution in [2.24, 2.45) is 5.92 Å². The van der Waals surface area contributed by atoms with E-state index in [1.54, 1.807) is 0 Å². The third kappa shape index (κ3) is 3.18. The molecular weight excluding hydrogens is 260 g/mol. The molecule has 112 valence electrons. The first-order valence-electron chi connectivity index (χ1n) is 7.94. The van der Waals surface area contributed by atoms with Gasteiger partial charge in [-0.15, -0.1) is 0 Å². The number of rotatable bonds is 5. The summed E-state index contributed by atoms with van der Waals surface area (Å²) in [5, 5.41) is 4.57. The standard InChI is InChI=1S/C18H24N2O/c1-13-10-11-15-8-5-9-17(18(15)20-13)21-12-16(19-2)14-6-3-4-7-14/h5,8-11,14,16,19H,3-4,6-7,12H2,1-2H3. The van der Waals surface area contributed by atoms with Gasteiger partial charge >= 0.3 is 0 Å². The monoisotopic (exact) mass is 284 g/mol. The second-order valence-electron chi connectivity index (χ2n) is 6.03. The first-order valence-corrected chi connectivity index (χ1v) is 7.94. The molecule has 1 unspecified atom stereocenters. The molecule has 3 rings (SSSR count). The zero-order chi connectivity index (χ0) is 14.7. The van der Waals surface area contributed by atoms with E-state index in [0.717, 1.165) is 34.9 Å². The number of hydrogen-bond donors (Lipinski definition) is 1. The first-order chi connectivity index (χ1) is 10.3. The van der Waals surface area contributed by atoms with Crippen molar-refractivity contribution < 1.29 is 4.74 Å². The highest BCUT2D eigenvalue weighted by Gasteiger charge is 2.24. The average molecular weight is 284 g/mol. The molecule has 1 aromatic heterocycles. The van der Waals surface area contributed by atoms with Crippen molar-refractivity contribution in [1.82, 2.24) is 10.3 Å². The quantitative estimate of drug-likeness (QED) is 0.909. The Bertz CT molecular complexity index is 605. The van der Waals surface area contributed by atoms with E-state index in [0.29, 0.717) is 6.04 Å². The molecule has 1 atom stereocenters. The molecule has 0 radical (unpaired) electrons. The van der Waals surface area contributed by atoms with Crippen LogP contribution in [0.2, 0.25) is 0 Å². The van der Waals surface area contributed by atoms with Crippen molar-refractivity contribution in [3.05, 3.63) is 36.0 Å². The number of nitrogens with one attached hydrogen (secondary N) is 1. The fourth-order valence-corrected chi connectivity index (χ4v) is 3.33. The predicted molar refractivity (Wildman–Crippen MR) is 86.8 cm³/mol. The Balaban J connectivity index is 1.76. The van der Waals surface area contributed by atoms with Gasteiger partial charge in [0, 0.05) is 17.1 Å². The van der Waals surface area contributed by atoms with Crippen LogP contribution >= 0.6 is 0 Å². The van der Waals surface area contributed by atoms with Gasteiger partial charge in [-0.25, -0.2) is 4.98 Å². The smallest absolute Gasteiger partial charge is 0.145 e. The third-order valence-electron chi connectivity index (χ3n) is 4.58. The molecule has 3 heteroatoms. The lowest BCUT2D eigenvalue weighted by Crippen LogP contribution is -2.37. The van der Waals surface area contributed by atoms with Crippen LogP contribution in [0.3, 0.4) is 0 Å². The summed E-state index contributed by atoms with van der Waals surface area (Å²) in [6.45, 7) is 2.74. The molecule has 1 heterocycles. The Morgan fingerprint density at radius 2 is 2.05 bits per heavy atom. The second-order valence-corrected chi connectivity index (χ2v) is 6.03. The normalized spacial score (nSPS) is 17.2. The Morgan fingerprint density at radius 3 is 2.81 bits per heavy atom. The number of ether oxygens (including phenoxy) is 1. The van der Waals surface area contributed by atoms with Crippen LogP contribution in [0.1, 0.15) is 31.4 Å². The van der Waals surface area contributed by atoms with Crippen LogP contribution in [0.15, 0.2) is 30.3 Å². The van der Waals surface area contributed by atoms with Crippen LogP contribution in [0, 0.1) is 12.8 Å². The van der Waals surface area contributed by atoms with Crippen LogP contribution < -0.4 is 10.1 Å². The van der Waals surface area contributed by atoms with Gasteiger partial charge in [0.05, 0.1) is 0 Å². The largest absolute Gasteiger partial charge is 0.490 e. The van der Waals surface area contributed by atoms with Gasteiger partial charge in [0.2, 0.25) is 0 Å². The fourth-order valence-electron chi connectivity index (χ4n) is 3.33. The van der Waals surface area contributed by atoms with Gasteiger partial charge in [-0.1, -0.05) is 31.0 Å². The molecule has 1 aliphatic carbocycles. The van der Waals surface area contributed by atoms with E-state index in [4.69, 9.17) is 4.74 Å². The van der Waals surface area contributed by atoms with Gasteiger partial charge in [0.15, 0.2) is 0 Å². The lowest BCUT2D eigenvalue weighted by atomic mass is 9.99. The first kappa shape index (κ1) is 14.3. The van der Waals surface area contributed by atoms with Gasteiger partial charge < -0.3 is 10.1 Å². The van der Waals surface area contributed by atoms with Crippen LogP contribution in [0.4, 0.5) is 0 Å². The number of likely N-dealkylation sites (N-methyl/N-ethyl adjacent to an activating group) is 1. The molecule has 0 aliphatic heterocycles. The molecule has 1 fully saturated rings. The molecule has 1 N–H and O–H groups in total. The zero-order valence-corrected chi connectivity index (χ0v) is 12.9. The molecule has 0 saturated heterocycles. The number of nitrogens with zero attached hydrogens (tertiary/aromatic N) is 1. The molecule has 3 nitrogen and oxygen atoms in total. The summed E-state index contributed by atoms with van der Waals surface area (Å²) in [7, 11) is 2.04. The third-order valence-corrected chi connectivity index (χ3v) is 4.58. The highest BCUT2D eigenvalue weighted by atomic mass is 16.5. The van der Waals surface area contributed by atoms with E-state index in [2.05, 4.69) is 22.4 Å². The van der Waals surface area contributed by atoms with E-state index in [9.17, 15) is 0 Å². The van der Waals surface area contributed by atoms with Crippen molar-refractivity contribution in [2.75, 3.05) is 13.7 Å². The minimum Gasteiger partial charge on any atom is -0.490 e. The summed E-state index contributed by atoms with van der Waals surface area (Å²) in [6, 6.07) is 10.7. The summed E-state index contributed by atoms with van der Waals surface area (Å²) in [5.41, 5.74) is 2.00. The lowest BCUT2D eigenvalue weighted by Gasteiger charge is -2.23. The van der Waals surface area contributed by atoms with E-state index >= 15 is 0 Å². The van der Waals surface area contributed by atoms with Crippen molar-refractivity contribution in [3.63, 3.8) is 0 Å². The number of pyridine rings is 1. The predicted octanol–water partition coefficient (Wildman–Crippen LogP) is 3.70. The van der Waals surface area contributed by atoms with Gasteiger partial charge in [0.25, 0.3) is 0 Å². The SMILES string of the molecule is CNC(COc1cccc2ccc(C)nc12)C1CCCC1. The van der Waals surface area contributed by atoms with Crippen LogP contribution in [-0.4, -0.2) is 24.7 Å². The maximum Gasteiger partial charge on any atom is 0.145 e. The summed E-state index contributed by atoms with van der Waals surface area (Å²) in [5.74, 6) is 1.65. The molecule has 0 amide bonds. The molecule has 2 aromatic rings. The number of benzene rings is 1. The van der Waals surface area contributed by atoms with E-state index < -0.39 is 0 Å². The summed E-state index contributed by atoms with van der Waals surface area (Å²) >= 11 is 0. The van der Waals surface area contributed by atoms with Crippen LogP contribution in [0.5, 0.6) is 5.75 Å². The topological polar surface area (TPSA) is 34.1 Å². The maximum absolute atomic E-state index is 6.11. The Kier molecular flexibility index (Phi) is 4.39. The van der Waals surface area contributed by atoms with Gasteiger partial charge in [0.1, 0.15) is 17.9 Å². The number of para-hydroxylation sites is 1. The highest BCUT2D eigenvalue weighted by molar-refractivity contribution is 5.84. The zero-order valence-electron chi connectivity index (χ0n) is 12.9. The van der Waals surface area contributed by atoms with Crippen LogP contribution in [0.25, 0.3) is 10.9 Å². The summed E-state index contributed by atoms with van der Waals surface area (Å²) in [4.78, 5) is 4.63. The fraction of sp³-hybridized carbons (Fsp3) is 0.500. The van der Waals surface area contributed by atoms with Gasteiger partial charge in [-0.2, -0.15) is 0 Å². The Labute approximate surface area is 126 Å². The molecule has 1 saturated carbocycles. The average Bonchev–Trinajstić information content (AvgIpc) is 3.02. The lowest BCUT2D eigenvalue weighted by molar-refractivity contribution is 0.226. The maximum atomic E-state index is 6.11. The molecule has 21 heavy (non-hydrogen) atoms. The molecule has 1 aromatic carbocycles. The molecule has 0 spiro atoms. The molecule has 0 bridgehead atoms. The van der Waals surface area contributed by atoms with Crippen molar-refractivity contribution in [2.45, 2.75) is 38.6 Å². The number of fused-ring (bicyclic) bond motifs is 1. The minimum atomic E-state index is 0.438. The highest BCUT2D eigenvalue weighted by Crippen LogP contribution is 2.29. The number of aryl methyl sites for hydroxylation is 1. The van der Waals surface area contributed by atoms with Crippen molar-refractivity contribution >= 4 is 10.9 Å². The van der Waals surface area contributed by atoms with Crippen molar-refractivity contribution in [1.29, 1.82) is 0 Å². The molecule has 1 aliphatic rings. The summed E-state index contributed by atoms with van der Waals surface area (Å²) in [6.07, 6.45) is 5.36. The van der Waals surface area contributed by atoms with Crippen molar-refractivity contribution in [3.8, 4) is 5.75 Å². The van der Waals surface area contributed by atoms with Crippen LogP contribution in [-0.2, 0) is 0 Å². The molecular formula is C18H24N2O. The minimum absolute atomic E-state index is 0.438. The van der Waals surface area contributed by atoms with Gasteiger partial charge in [-0.3, -0.25) is 0 Å². The van der Waals surface area contributed by atoms with Gasteiger partial charge in [-0.05, 0) is 44.9 Å². The van der Waals surface area contributed by atoms with E-state index in [1.807, 2.05) is 32.2 Å². The van der Waals surface area contributed by atoms with E-state index in [1.165, 1.54) is 25.7 Å². The number of aromatic nitrogens is 1.